The Bertz CT molecular complexity index is 1860. The quantitative estimate of drug-likeness (QED) is 0.105. The van der Waals surface area contributed by atoms with Crippen molar-refractivity contribution in [2.45, 2.75) is 213 Å². The van der Waals surface area contributed by atoms with Crippen LogP contribution in [0.2, 0.25) is 0 Å². The fourth-order valence-electron chi connectivity index (χ4n) is 10.6. The number of nitrogens with zero attached hydrogens (tertiary/aromatic N) is 1. The number of cyclic esters (lactones) is 1. The number of carbonyl (C=O) groups excluding carboxylic acids is 5. The molecule has 73 heavy (non-hydrogen) atoms. The smallest absolute Gasteiger partial charge is 0.309 e. The lowest BCUT2D eigenvalue weighted by Crippen LogP contribution is -2.65. The van der Waals surface area contributed by atoms with E-state index in [4.69, 9.17) is 52.1 Å². The Hall–Kier alpha value is -3.25. The number of allylic oxidation sites excluding steroid dienone is 3. The van der Waals surface area contributed by atoms with Gasteiger partial charge in [-0.3, -0.25) is 19.2 Å². The number of aliphatic hydroxyl groups is 3. The second-order valence-electron chi connectivity index (χ2n) is 21.4. The van der Waals surface area contributed by atoms with Crippen LogP contribution in [0, 0.1) is 35.5 Å². The summed E-state index contributed by atoms with van der Waals surface area (Å²) >= 11 is 0. The molecule has 0 bridgehead atoms. The molecular formula is C53H87NO19. The molecule has 4 aliphatic rings. The van der Waals surface area contributed by atoms with Crippen molar-refractivity contribution in [2.24, 2.45) is 35.5 Å². The fourth-order valence-corrected chi connectivity index (χ4v) is 10.6. The SMILES string of the molecule is CC[C@H]1OC(=O)C[C@@H](OC(C)=O)[C@H](C)[C@@H](O[C@@H]2O[C@H](C)[C@@H](O[C@@H]3C[C@@H](C)[C@H](OC(=O)CC(C)C)[C@](C)(O)O3)[C@H](N(C)C)[C@H]2O)[C@@H](CC=O)C[C@@H](C)C(=O)C=CC(C)=C[C@@H]1CO[C@@H]1O[C@H](C)[C@@H](O)[C@@H](OC)[C@H]1OC. The predicted molar refractivity (Wildman–Crippen MR) is 263 cm³/mol. The molecule has 418 valence electrons. The summed E-state index contributed by atoms with van der Waals surface area (Å²) < 4.78 is 67.1. The van der Waals surface area contributed by atoms with E-state index in [-0.39, 0.29) is 49.9 Å². The number of hydrogen-bond donors (Lipinski definition) is 3. The van der Waals surface area contributed by atoms with Crippen LogP contribution in [0.5, 0.6) is 0 Å². The molecule has 3 N–H and O–H groups in total. The minimum atomic E-state index is -1.90. The minimum Gasteiger partial charge on any atom is -0.462 e. The lowest BCUT2D eigenvalue weighted by Gasteiger charge is -2.50. The minimum absolute atomic E-state index is 0.0378. The predicted octanol–water partition coefficient (Wildman–Crippen LogP) is 4.21. The molecule has 0 radical (unpaired) electrons. The summed E-state index contributed by atoms with van der Waals surface area (Å²) in [7, 11) is 6.41. The molecule has 0 aromatic rings. The number of hydrogen-bond acceptors (Lipinski definition) is 20. The van der Waals surface area contributed by atoms with Crippen LogP contribution in [-0.4, -0.2) is 183 Å². The van der Waals surface area contributed by atoms with E-state index >= 15 is 0 Å². The highest BCUT2D eigenvalue weighted by Crippen LogP contribution is 2.39. The monoisotopic (exact) mass is 1040 g/mol. The van der Waals surface area contributed by atoms with Gasteiger partial charge in [-0.1, -0.05) is 59.3 Å². The van der Waals surface area contributed by atoms with Gasteiger partial charge in [-0.05, 0) is 72.5 Å². The number of aldehydes is 1. The largest absolute Gasteiger partial charge is 0.462 e. The van der Waals surface area contributed by atoms with Gasteiger partial charge in [0.1, 0.15) is 49.0 Å². The van der Waals surface area contributed by atoms with E-state index in [1.807, 2.05) is 33.8 Å². The molecule has 20 nitrogen and oxygen atoms in total. The lowest BCUT2D eigenvalue weighted by molar-refractivity contribution is -0.378. The lowest BCUT2D eigenvalue weighted by atomic mass is 9.79. The Balaban J connectivity index is 1.66. The Kier molecular flexibility index (Phi) is 24.1. The van der Waals surface area contributed by atoms with Crippen molar-refractivity contribution >= 4 is 30.0 Å². The summed E-state index contributed by atoms with van der Waals surface area (Å²) in [5.41, 5.74) is 0.663. The number of esters is 3. The third-order valence-corrected chi connectivity index (χ3v) is 14.5. The first-order valence-corrected chi connectivity index (χ1v) is 25.9. The van der Waals surface area contributed by atoms with Gasteiger partial charge in [-0.2, -0.15) is 0 Å². The summed E-state index contributed by atoms with van der Waals surface area (Å²) in [6, 6.07) is -0.809. The summed E-state index contributed by atoms with van der Waals surface area (Å²) in [4.78, 5) is 67.9. The Labute approximate surface area is 432 Å². The maximum atomic E-state index is 14.2. The van der Waals surface area contributed by atoms with Crippen molar-refractivity contribution in [3.63, 3.8) is 0 Å². The van der Waals surface area contributed by atoms with Gasteiger partial charge in [0, 0.05) is 64.1 Å². The van der Waals surface area contributed by atoms with Gasteiger partial charge in [0.25, 0.3) is 0 Å². The van der Waals surface area contributed by atoms with Gasteiger partial charge in [0.15, 0.2) is 30.8 Å². The number of ketones is 1. The van der Waals surface area contributed by atoms with Crippen molar-refractivity contribution in [3.05, 3.63) is 23.8 Å². The van der Waals surface area contributed by atoms with Crippen LogP contribution in [0.1, 0.15) is 115 Å². The van der Waals surface area contributed by atoms with Crippen LogP contribution in [0.4, 0.5) is 0 Å². The second-order valence-corrected chi connectivity index (χ2v) is 21.4. The first-order chi connectivity index (χ1) is 34.3. The van der Waals surface area contributed by atoms with Crippen LogP contribution in [-0.2, 0) is 76.1 Å². The summed E-state index contributed by atoms with van der Waals surface area (Å²) in [6.07, 6.45) is -7.61. The van der Waals surface area contributed by atoms with Gasteiger partial charge in [0.05, 0.1) is 37.4 Å². The van der Waals surface area contributed by atoms with E-state index < -0.39 is 146 Å². The van der Waals surface area contributed by atoms with Crippen LogP contribution < -0.4 is 0 Å². The van der Waals surface area contributed by atoms with Crippen molar-refractivity contribution in [1.82, 2.24) is 4.90 Å². The van der Waals surface area contributed by atoms with E-state index in [1.54, 1.807) is 59.7 Å². The zero-order valence-corrected chi connectivity index (χ0v) is 45.7. The summed E-state index contributed by atoms with van der Waals surface area (Å²) in [5, 5.41) is 34.4. The highest BCUT2D eigenvalue weighted by atomic mass is 16.8. The topological polar surface area (TPSA) is 251 Å². The zero-order valence-electron chi connectivity index (χ0n) is 45.7. The second kappa shape index (κ2) is 28.2. The highest BCUT2D eigenvalue weighted by Gasteiger charge is 2.53. The first-order valence-electron chi connectivity index (χ1n) is 25.9. The average Bonchev–Trinajstić information content (AvgIpc) is 3.29. The molecule has 0 amide bonds. The molecule has 20 heteroatoms. The molecule has 0 aliphatic carbocycles. The van der Waals surface area contributed by atoms with Gasteiger partial charge in [-0.15, -0.1) is 0 Å². The summed E-state index contributed by atoms with van der Waals surface area (Å²) in [5.74, 6) is -7.16. The molecular weight excluding hydrogens is 955 g/mol. The van der Waals surface area contributed by atoms with E-state index in [1.165, 1.54) is 34.1 Å². The molecule has 3 saturated heterocycles. The first kappa shape index (κ1) is 62.3. The number of ether oxygens (including phenoxy) is 11. The highest BCUT2D eigenvalue weighted by molar-refractivity contribution is 5.91. The van der Waals surface area contributed by atoms with Crippen LogP contribution in [0.15, 0.2) is 23.8 Å². The molecule has 0 aromatic heterocycles. The molecule has 4 aliphatic heterocycles. The number of methoxy groups -OCH3 is 2. The molecule has 21 atom stereocenters. The maximum absolute atomic E-state index is 14.2. The number of carbonyl (C=O) groups is 5. The van der Waals surface area contributed by atoms with E-state index in [2.05, 4.69) is 0 Å². The zero-order chi connectivity index (χ0) is 54.6. The molecule has 0 aromatic carbocycles. The third-order valence-electron chi connectivity index (χ3n) is 14.5. The number of rotatable bonds is 17. The average molecular weight is 1040 g/mol. The molecule has 0 saturated carbocycles. The standard InChI is InChI=1S/C53H87NO19/c1-16-38-36(26-65-52-49(64-15)48(63-14)44(60)32(8)66-52)22-28(4)17-18-37(57)29(5)23-35(19-20-55)46(31(7)39(68-34(10)56)25-41(59)69-38)72-51-45(61)43(54(12)13)47(33(9)67-51)71-42-24-30(6)50(53(11,62)73-42)70-40(58)21-27(2)3/h17-18,20,22,27,29-33,35-36,38-39,42-52,60-62H,16,19,21,23-26H2,1-15H3/t29-,30-,31+,32-,33-,35+,36-,38-,39-,42+,43-,44-,45-,46-,47-,48-,49-,50+,51+,52-,53-/m1/s1. The molecule has 4 rings (SSSR count). The number of aliphatic hydroxyl groups excluding tert-OH is 2. The maximum Gasteiger partial charge on any atom is 0.309 e. The Morgan fingerprint density at radius 3 is 2.14 bits per heavy atom. The van der Waals surface area contributed by atoms with Crippen LogP contribution in [0.25, 0.3) is 0 Å². The van der Waals surface area contributed by atoms with Crippen molar-refractivity contribution < 1.29 is 91.4 Å². The third kappa shape index (κ3) is 16.9. The molecule has 0 unspecified atom stereocenters. The number of likely N-dealkylation sites (N-methyl/N-ethyl adjacent to an activating group) is 1. The van der Waals surface area contributed by atoms with E-state index in [0.29, 0.717) is 18.3 Å². The Morgan fingerprint density at radius 2 is 1.56 bits per heavy atom. The van der Waals surface area contributed by atoms with Gasteiger partial charge in [-0.25, -0.2) is 0 Å². The summed E-state index contributed by atoms with van der Waals surface area (Å²) in [6.45, 7) is 18.7. The molecule has 0 spiro atoms. The normalized spacial score (nSPS) is 40.5. The van der Waals surface area contributed by atoms with Crippen molar-refractivity contribution in [3.8, 4) is 0 Å². The van der Waals surface area contributed by atoms with Gasteiger partial charge >= 0.3 is 17.9 Å². The van der Waals surface area contributed by atoms with E-state index in [0.717, 1.165) is 0 Å². The molecule has 3 fully saturated rings. The van der Waals surface area contributed by atoms with Gasteiger partial charge < -0.3 is 77.1 Å². The fraction of sp³-hybridized carbons (Fsp3) is 0.830. The Morgan fingerprint density at radius 1 is 0.904 bits per heavy atom. The van der Waals surface area contributed by atoms with E-state index in [9.17, 15) is 39.3 Å². The van der Waals surface area contributed by atoms with Crippen LogP contribution in [0.3, 0.4) is 0 Å². The molecule has 4 heterocycles. The van der Waals surface area contributed by atoms with Crippen molar-refractivity contribution in [1.29, 1.82) is 0 Å². The van der Waals surface area contributed by atoms with Crippen LogP contribution >= 0.6 is 0 Å². The van der Waals surface area contributed by atoms with Gasteiger partial charge in [0.2, 0.25) is 5.79 Å². The van der Waals surface area contributed by atoms with Crippen molar-refractivity contribution in [2.75, 3.05) is 34.9 Å².